The number of carbonyl (C=O) groups is 1. The molecule has 0 atom stereocenters. The van der Waals surface area contributed by atoms with E-state index in [0.717, 1.165) is 31.2 Å². The third-order valence-electron chi connectivity index (χ3n) is 3.57. The maximum absolute atomic E-state index is 12.3. The molecule has 0 aliphatic heterocycles. The predicted molar refractivity (Wildman–Crippen MR) is 86.2 cm³/mol. The molecule has 0 fully saturated rings. The van der Waals surface area contributed by atoms with Gasteiger partial charge < -0.3 is 5.32 Å². The third kappa shape index (κ3) is 4.55. The maximum atomic E-state index is 12.3. The molecule has 1 amide bonds. The number of nitrogens with one attached hydrogen (secondary N) is 2. The van der Waals surface area contributed by atoms with E-state index in [2.05, 4.69) is 10.0 Å². The summed E-state index contributed by atoms with van der Waals surface area (Å²) < 4.78 is 27.0. The van der Waals surface area contributed by atoms with Crippen LogP contribution >= 0.6 is 0 Å². The van der Waals surface area contributed by atoms with Crippen molar-refractivity contribution in [3.05, 3.63) is 29.3 Å². The molecule has 0 saturated carbocycles. The molecule has 0 spiro atoms. The van der Waals surface area contributed by atoms with Crippen LogP contribution in [0.5, 0.6) is 0 Å². The molecule has 1 aromatic carbocycles. The van der Waals surface area contributed by atoms with Crippen LogP contribution in [0.1, 0.15) is 44.7 Å². The molecule has 2 rings (SSSR count). The van der Waals surface area contributed by atoms with Crippen molar-refractivity contribution in [2.45, 2.75) is 56.9 Å². The van der Waals surface area contributed by atoms with Crippen LogP contribution in [0.25, 0.3) is 0 Å². The summed E-state index contributed by atoms with van der Waals surface area (Å²) in [6, 6.07) is 5.24. The first-order valence-corrected chi connectivity index (χ1v) is 9.08. The Labute approximate surface area is 132 Å². The molecule has 0 saturated heterocycles. The minimum atomic E-state index is -3.66. The zero-order chi connectivity index (χ0) is 16.4. The highest BCUT2D eigenvalue weighted by atomic mass is 32.2. The molecule has 2 N–H and O–H groups in total. The number of carbonyl (C=O) groups excluding carboxylic acids is 1. The molecule has 0 unspecified atom stereocenters. The largest absolute Gasteiger partial charge is 0.350 e. The van der Waals surface area contributed by atoms with Crippen molar-refractivity contribution in [3.8, 4) is 0 Å². The number of aryl methyl sites for hydroxylation is 2. The van der Waals surface area contributed by atoms with Crippen molar-refractivity contribution in [3.63, 3.8) is 0 Å². The van der Waals surface area contributed by atoms with Crippen LogP contribution in [-0.2, 0) is 27.7 Å². The normalized spacial score (nSPS) is 15.2. The molecule has 0 bridgehead atoms. The Bertz CT molecular complexity index is 660. The van der Waals surface area contributed by atoms with Crippen molar-refractivity contribution < 1.29 is 13.2 Å². The zero-order valence-corrected chi connectivity index (χ0v) is 14.2. The molecule has 0 heterocycles. The second kappa shape index (κ2) is 6.38. The topological polar surface area (TPSA) is 75.3 Å². The van der Waals surface area contributed by atoms with Crippen molar-refractivity contribution in [1.29, 1.82) is 0 Å². The predicted octanol–water partition coefficient (Wildman–Crippen LogP) is 1.76. The van der Waals surface area contributed by atoms with Gasteiger partial charge in [-0.3, -0.25) is 4.79 Å². The van der Waals surface area contributed by atoms with Crippen molar-refractivity contribution in [2.75, 3.05) is 6.54 Å². The van der Waals surface area contributed by atoms with Crippen molar-refractivity contribution in [2.24, 2.45) is 0 Å². The fraction of sp³-hybridized carbons (Fsp3) is 0.562. The number of sulfonamides is 1. The van der Waals surface area contributed by atoms with Gasteiger partial charge in [0.2, 0.25) is 15.9 Å². The summed E-state index contributed by atoms with van der Waals surface area (Å²) >= 11 is 0. The first kappa shape index (κ1) is 17.0. The van der Waals surface area contributed by atoms with Gasteiger partial charge in [-0.1, -0.05) is 6.07 Å². The minimum Gasteiger partial charge on any atom is -0.350 e. The van der Waals surface area contributed by atoms with Crippen LogP contribution in [0.2, 0.25) is 0 Å². The first-order valence-electron chi connectivity index (χ1n) is 7.60. The molecule has 1 aromatic rings. The van der Waals surface area contributed by atoms with Crippen molar-refractivity contribution in [1.82, 2.24) is 10.0 Å². The summed E-state index contributed by atoms with van der Waals surface area (Å²) in [7, 11) is -3.66. The summed E-state index contributed by atoms with van der Waals surface area (Å²) in [5.74, 6) is -0.339. The Morgan fingerprint density at radius 2 is 1.77 bits per heavy atom. The standard InChI is InChI=1S/C16H24N2O3S/c1-16(2,3)18-15(19)11-17-22(20,21)14-9-8-12-6-4-5-7-13(12)10-14/h8-10,17H,4-7,11H2,1-3H3,(H,18,19). The average Bonchev–Trinajstić information content (AvgIpc) is 2.43. The van der Waals surface area contributed by atoms with Gasteiger partial charge in [-0.2, -0.15) is 0 Å². The fourth-order valence-corrected chi connectivity index (χ4v) is 3.62. The molecule has 22 heavy (non-hydrogen) atoms. The van der Waals surface area contributed by atoms with Gasteiger partial charge >= 0.3 is 0 Å². The highest BCUT2D eigenvalue weighted by Crippen LogP contribution is 2.23. The monoisotopic (exact) mass is 324 g/mol. The summed E-state index contributed by atoms with van der Waals surface area (Å²) in [6.07, 6.45) is 4.18. The molecule has 5 nitrogen and oxygen atoms in total. The van der Waals surface area contributed by atoms with Crippen LogP contribution in [-0.4, -0.2) is 26.4 Å². The lowest BCUT2D eigenvalue weighted by molar-refractivity contribution is -0.121. The summed E-state index contributed by atoms with van der Waals surface area (Å²) in [5.41, 5.74) is 1.96. The van der Waals surface area contributed by atoms with Crippen LogP contribution in [0.15, 0.2) is 23.1 Å². The van der Waals surface area contributed by atoms with Gasteiger partial charge in [-0.25, -0.2) is 13.1 Å². The molecular formula is C16H24N2O3S. The number of fused-ring (bicyclic) bond motifs is 1. The van der Waals surface area contributed by atoms with Gasteiger partial charge in [0, 0.05) is 5.54 Å². The van der Waals surface area contributed by atoms with E-state index in [1.54, 1.807) is 12.1 Å². The van der Waals surface area contributed by atoms with Gasteiger partial charge in [-0.15, -0.1) is 0 Å². The quantitative estimate of drug-likeness (QED) is 0.886. The van der Waals surface area contributed by atoms with Gasteiger partial charge in [-0.05, 0) is 69.7 Å². The first-order chi connectivity index (χ1) is 10.2. The van der Waals surface area contributed by atoms with E-state index >= 15 is 0 Å². The highest BCUT2D eigenvalue weighted by Gasteiger charge is 2.20. The molecule has 6 heteroatoms. The maximum Gasteiger partial charge on any atom is 0.241 e. The lowest BCUT2D eigenvalue weighted by Crippen LogP contribution is -2.45. The lowest BCUT2D eigenvalue weighted by atomic mass is 9.92. The summed E-state index contributed by atoms with van der Waals surface area (Å²) in [4.78, 5) is 12.0. The number of hydrogen-bond acceptors (Lipinski definition) is 3. The second-order valence-corrected chi connectivity index (χ2v) is 8.53. The Morgan fingerprint density at radius 1 is 1.14 bits per heavy atom. The SMILES string of the molecule is CC(C)(C)NC(=O)CNS(=O)(=O)c1ccc2c(c1)CCCC2. The van der Waals surface area contributed by atoms with E-state index < -0.39 is 10.0 Å². The summed E-state index contributed by atoms with van der Waals surface area (Å²) in [5, 5.41) is 2.73. The Morgan fingerprint density at radius 3 is 2.41 bits per heavy atom. The molecular weight excluding hydrogens is 300 g/mol. The molecule has 1 aliphatic carbocycles. The van der Waals surface area contributed by atoms with Crippen molar-refractivity contribution >= 4 is 15.9 Å². The van der Waals surface area contributed by atoms with Crippen LogP contribution in [0, 0.1) is 0 Å². The zero-order valence-electron chi connectivity index (χ0n) is 13.4. The van der Waals surface area contributed by atoms with E-state index in [9.17, 15) is 13.2 Å². The lowest BCUT2D eigenvalue weighted by Gasteiger charge is -2.20. The van der Waals surface area contributed by atoms with Crippen LogP contribution in [0.3, 0.4) is 0 Å². The fourth-order valence-electron chi connectivity index (χ4n) is 2.58. The average molecular weight is 324 g/mol. The van der Waals surface area contributed by atoms with Crippen LogP contribution < -0.4 is 10.0 Å². The number of hydrogen-bond donors (Lipinski definition) is 2. The van der Waals surface area contributed by atoms with E-state index in [0.29, 0.717) is 0 Å². The van der Waals surface area contributed by atoms with E-state index in [-0.39, 0.29) is 22.9 Å². The third-order valence-corrected chi connectivity index (χ3v) is 4.97. The number of amides is 1. The van der Waals surface area contributed by atoms with Gasteiger partial charge in [0.15, 0.2) is 0 Å². The van der Waals surface area contributed by atoms with Gasteiger partial charge in [0.05, 0.1) is 11.4 Å². The van der Waals surface area contributed by atoms with E-state index in [1.807, 2.05) is 26.8 Å². The number of rotatable bonds is 4. The number of benzene rings is 1. The van der Waals surface area contributed by atoms with E-state index in [1.165, 1.54) is 5.56 Å². The highest BCUT2D eigenvalue weighted by molar-refractivity contribution is 7.89. The smallest absolute Gasteiger partial charge is 0.241 e. The van der Waals surface area contributed by atoms with Crippen LogP contribution in [0.4, 0.5) is 0 Å². The molecule has 0 radical (unpaired) electrons. The second-order valence-electron chi connectivity index (χ2n) is 6.76. The minimum absolute atomic E-state index is 0.233. The molecule has 1 aliphatic rings. The van der Waals surface area contributed by atoms with Gasteiger partial charge in [0.25, 0.3) is 0 Å². The summed E-state index contributed by atoms with van der Waals surface area (Å²) in [6.45, 7) is 5.30. The van der Waals surface area contributed by atoms with Gasteiger partial charge in [0.1, 0.15) is 0 Å². The Balaban J connectivity index is 2.06. The molecule has 122 valence electrons. The molecule has 0 aromatic heterocycles. The van der Waals surface area contributed by atoms with E-state index in [4.69, 9.17) is 0 Å². The Hall–Kier alpha value is -1.40. The Kier molecular flexibility index (Phi) is 4.92.